The fourth-order valence-corrected chi connectivity index (χ4v) is 3.02. The van der Waals surface area contributed by atoms with Gasteiger partial charge in [-0.2, -0.15) is 0 Å². The number of aromatic nitrogens is 2. The van der Waals surface area contributed by atoms with Crippen molar-refractivity contribution in [3.63, 3.8) is 0 Å². The quantitative estimate of drug-likeness (QED) is 0.845. The second-order valence-electron chi connectivity index (χ2n) is 6.17. The Morgan fingerprint density at radius 1 is 1.25 bits per heavy atom. The molecule has 1 unspecified atom stereocenters. The lowest BCUT2D eigenvalue weighted by Gasteiger charge is -2.23. The van der Waals surface area contributed by atoms with Crippen LogP contribution in [0.1, 0.15) is 17.7 Å². The maximum atomic E-state index is 12.6. The molecule has 1 fully saturated rings. The van der Waals surface area contributed by atoms with Crippen molar-refractivity contribution in [3.8, 4) is 0 Å². The van der Waals surface area contributed by atoms with E-state index in [0.717, 1.165) is 25.1 Å². The van der Waals surface area contributed by atoms with Crippen molar-refractivity contribution >= 4 is 5.91 Å². The van der Waals surface area contributed by atoms with Crippen molar-refractivity contribution in [3.05, 3.63) is 60.2 Å². The van der Waals surface area contributed by atoms with E-state index >= 15 is 0 Å². The Labute approximate surface area is 142 Å². The third-order valence-electron chi connectivity index (χ3n) is 4.30. The first kappa shape index (κ1) is 16.6. The molecular weight excluding hydrogens is 302 g/mol. The van der Waals surface area contributed by atoms with Crippen LogP contribution in [0.5, 0.6) is 0 Å². The molecular formula is C19H23N3O2. The molecule has 24 heavy (non-hydrogen) atoms. The molecule has 0 N–H and O–H groups in total. The second-order valence-corrected chi connectivity index (χ2v) is 6.17. The zero-order valence-corrected chi connectivity index (χ0v) is 13.8. The van der Waals surface area contributed by atoms with E-state index in [9.17, 15) is 4.79 Å². The molecule has 2 heterocycles. The monoisotopic (exact) mass is 325 g/mol. The van der Waals surface area contributed by atoms with Crippen LogP contribution in [0, 0.1) is 5.92 Å². The summed E-state index contributed by atoms with van der Waals surface area (Å²) in [6, 6.07) is 12.1. The highest BCUT2D eigenvalue weighted by Crippen LogP contribution is 2.14. The standard InChI is InChI=1S/C19H23N3O2/c23-19(7-6-16-4-2-1-3-5-16)22-10-11-24-14-17(13-22)12-18-8-9-20-15-21-18/h1-5,8-9,15,17H,6-7,10-14H2. The molecule has 2 aromatic rings. The van der Waals surface area contributed by atoms with E-state index in [1.165, 1.54) is 5.56 Å². The Morgan fingerprint density at radius 3 is 2.92 bits per heavy atom. The third kappa shape index (κ3) is 4.86. The molecule has 0 spiro atoms. The topological polar surface area (TPSA) is 55.3 Å². The van der Waals surface area contributed by atoms with Crippen molar-refractivity contribution in [2.45, 2.75) is 19.3 Å². The number of hydrogen-bond donors (Lipinski definition) is 0. The van der Waals surface area contributed by atoms with Gasteiger partial charge in [-0.25, -0.2) is 9.97 Å². The summed E-state index contributed by atoms with van der Waals surface area (Å²) in [5.74, 6) is 0.486. The fraction of sp³-hybridized carbons (Fsp3) is 0.421. The van der Waals surface area contributed by atoms with E-state index in [-0.39, 0.29) is 11.8 Å². The van der Waals surface area contributed by atoms with E-state index in [2.05, 4.69) is 22.1 Å². The third-order valence-corrected chi connectivity index (χ3v) is 4.30. The number of carbonyl (C=O) groups is 1. The molecule has 1 aromatic carbocycles. The van der Waals surface area contributed by atoms with Crippen LogP contribution in [-0.2, 0) is 22.4 Å². The molecule has 1 atom stereocenters. The first-order valence-electron chi connectivity index (χ1n) is 8.45. The summed E-state index contributed by atoms with van der Waals surface area (Å²) in [5.41, 5.74) is 2.20. The molecule has 1 amide bonds. The van der Waals surface area contributed by atoms with Gasteiger partial charge in [0.15, 0.2) is 0 Å². The van der Waals surface area contributed by atoms with Crippen LogP contribution in [-0.4, -0.2) is 47.1 Å². The summed E-state index contributed by atoms with van der Waals surface area (Å²) in [6.45, 7) is 2.69. The van der Waals surface area contributed by atoms with Gasteiger partial charge in [-0.15, -0.1) is 0 Å². The second kappa shape index (κ2) is 8.55. The Balaban J connectivity index is 1.54. The van der Waals surface area contributed by atoms with Crippen LogP contribution in [0.15, 0.2) is 48.9 Å². The van der Waals surface area contributed by atoms with Crippen LogP contribution in [0.3, 0.4) is 0 Å². The number of benzene rings is 1. The minimum atomic E-state index is 0.206. The van der Waals surface area contributed by atoms with Gasteiger partial charge in [0.25, 0.3) is 0 Å². The lowest BCUT2D eigenvalue weighted by atomic mass is 10.0. The highest BCUT2D eigenvalue weighted by Gasteiger charge is 2.22. The Hall–Kier alpha value is -2.27. The highest BCUT2D eigenvalue weighted by atomic mass is 16.5. The molecule has 0 saturated carbocycles. The predicted octanol–water partition coefficient (Wildman–Crippen LogP) is 2.13. The molecule has 0 aliphatic carbocycles. The minimum absolute atomic E-state index is 0.206. The number of amides is 1. The van der Waals surface area contributed by atoms with Gasteiger partial charge < -0.3 is 9.64 Å². The Kier molecular flexibility index (Phi) is 5.90. The largest absolute Gasteiger partial charge is 0.379 e. The highest BCUT2D eigenvalue weighted by molar-refractivity contribution is 5.76. The van der Waals surface area contributed by atoms with Gasteiger partial charge in [-0.05, 0) is 24.5 Å². The van der Waals surface area contributed by atoms with Gasteiger partial charge in [0.2, 0.25) is 5.91 Å². The SMILES string of the molecule is O=C(CCc1ccccc1)N1CCOCC(Cc2ccncn2)C1. The van der Waals surface area contributed by atoms with Crippen LogP contribution in [0.2, 0.25) is 0 Å². The van der Waals surface area contributed by atoms with E-state index in [0.29, 0.717) is 26.2 Å². The maximum Gasteiger partial charge on any atom is 0.222 e. The lowest BCUT2D eigenvalue weighted by molar-refractivity contribution is -0.131. The first-order valence-corrected chi connectivity index (χ1v) is 8.45. The van der Waals surface area contributed by atoms with Crippen LogP contribution >= 0.6 is 0 Å². The van der Waals surface area contributed by atoms with E-state index in [1.807, 2.05) is 29.2 Å². The fourth-order valence-electron chi connectivity index (χ4n) is 3.02. The molecule has 1 aliphatic rings. The minimum Gasteiger partial charge on any atom is -0.379 e. The van der Waals surface area contributed by atoms with Crippen molar-refractivity contribution in [1.82, 2.24) is 14.9 Å². The van der Waals surface area contributed by atoms with Crippen molar-refractivity contribution in [2.24, 2.45) is 5.92 Å². The average Bonchev–Trinajstić information content (AvgIpc) is 2.87. The molecule has 0 bridgehead atoms. The van der Waals surface area contributed by atoms with Crippen LogP contribution in [0.25, 0.3) is 0 Å². The van der Waals surface area contributed by atoms with E-state index < -0.39 is 0 Å². The number of hydrogen-bond acceptors (Lipinski definition) is 4. The van der Waals surface area contributed by atoms with Gasteiger partial charge >= 0.3 is 0 Å². The number of nitrogens with zero attached hydrogens (tertiary/aromatic N) is 3. The molecule has 3 rings (SSSR count). The van der Waals surface area contributed by atoms with Crippen LogP contribution < -0.4 is 0 Å². The molecule has 5 heteroatoms. The summed E-state index contributed by atoms with van der Waals surface area (Å²) >= 11 is 0. The smallest absolute Gasteiger partial charge is 0.222 e. The van der Waals surface area contributed by atoms with Crippen molar-refractivity contribution < 1.29 is 9.53 Å². The Morgan fingerprint density at radius 2 is 2.12 bits per heavy atom. The van der Waals surface area contributed by atoms with Crippen molar-refractivity contribution in [2.75, 3.05) is 26.3 Å². The summed E-state index contributed by atoms with van der Waals surface area (Å²) in [7, 11) is 0. The van der Waals surface area contributed by atoms with E-state index in [4.69, 9.17) is 4.74 Å². The molecule has 5 nitrogen and oxygen atoms in total. The van der Waals surface area contributed by atoms with E-state index in [1.54, 1.807) is 12.5 Å². The number of carbonyl (C=O) groups excluding carboxylic acids is 1. The van der Waals surface area contributed by atoms with Gasteiger partial charge in [0.1, 0.15) is 6.33 Å². The summed E-state index contributed by atoms with van der Waals surface area (Å²) < 4.78 is 5.69. The number of aryl methyl sites for hydroxylation is 1. The van der Waals surface area contributed by atoms with Crippen LogP contribution in [0.4, 0.5) is 0 Å². The van der Waals surface area contributed by atoms with Gasteiger partial charge in [0.05, 0.1) is 13.2 Å². The summed E-state index contributed by atoms with van der Waals surface area (Å²) in [6.07, 6.45) is 5.46. The molecule has 0 radical (unpaired) electrons. The summed E-state index contributed by atoms with van der Waals surface area (Å²) in [5, 5.41) is 0. The first-order chi connectivity index (χ1) is 11.8. The van der Waals surface area contributed by atoms with Gasteiger partial charge in [-0.3, -0.25) is 4.79 Å². The Bertz CT molecular complexity index is 634. The summed E-state index contributed by atoms with van der Waals surface area (Å²) in [4.78, 5) is 22.7. The normalized spacial score (nSPS) is 18.2. The molecule has 1 aromatic heterocycles. The molecule has 1 saturated heterocycles. The average molecular weight is 325 g/mol. The van der Waals surface area contributed by atoms with Gasteiger partial charge in [0, 0.05) is 37.3 Å². The maximum absolute atomic E-state index is 12.6. The zero-order chi connectivity index (χ0) is 16.6. The molecule has 1 aliphatic heterocycles. The van der Waals surface area contributed by atoms with Gasteiger partial charge in [-0.1, -0.05) is 30.3 Å². The predicted molar refractivity (Wildman–Crippen MR) is 91.4 cm³/mol. The zero-order valence-electron chi connectivity index (χ0n) is 13.8. The lowest BCUT2D eigenvalue weighted by Crippen LogP contribution is -2.36. The molecule has 126 valence electrons. The van der Waals surface area contributed by atoms with Crippen molar-refractivity contribution in [1.29, 1.82) is 0 Å². The number of ether oxygens (including phenoxy) is 1. The number of rotatable bonds is 5.